The monoisotopic (exact) mass is 580 g/mol. The summed E-state index contributed by atoms with van der Waals surface area (Å²) in [7, 11) is -5.54. The minimum atomic E-state index is -5.54. The van der Waals surface area contributed by atoms with Gasteiger partial charge >= 0.3 is 251 Å². The molecule has 3 N–H and O–H groups in total. The van der Waals surface area contributed by atoms with Crippen LogP contribution in [0.2, 0.25) is 0 Å². The summed E-state index contributed by atoms with van der Waals surface area (Å²) < 4.78 is 0. The van der Waals surface area contributed by atoms with Crippen molar-refractivity contribution >= 4 is 39.4 Å². The van der Waals surface area contributed by atoms with Crippen molar-refractivity contribution in [1.82, 2.24) is 0 Å². The summed E-state index contributed by atoms with van der Waals surface area (Å²) >= 11 is 0. The summed E-state index contributed by atoms with van der Waals surface area (Å²) in [5.74, 6) is 0. The topological polar surface area (TPSA) is 60.7 Å². The van der Waals surface area contributed by atoms with Gasteiger partial charge in [-0.3, -0.25) is 0 Å². The van der Waals surface area contributed by atoms with Crippen molar-refractivity contribution in [3.8, 4) is 11.1 Å². The standard InChI is InChI=1S/C38H45O3P/c1-36(2,3)28-20-27-22-33(37(4,5)6)32(24-31(27)34(23-28)38(7,8)9)30-16-12-13-17-35(30)42(39,40,41)29-19-18-25-14-10-11-15-26(25)21-29/h10-24,39-41H,1-9H3. The normalized spacial score (nSPS) is 14.2. The van der Waals surface area contributed by atoms with E-state index >= 15 is 0 Å². The van der Waals surface area contributed by atoms with Crippen LogP contribution in [0.3, 0.4) is 0 Å². The second kappa shape index (κ2) is 9.73. The molecule has 5 aromatic rings. The van der Waals surface area contributed by atoms with Gasteiger partial charge in [0.1, 0.15) is 0 Å². The first-order valence-electron chi connectivity index (χ1n) is 14.7. The van der Waals surface area contributed by atoms with Crippen molar-refractivity contribution in [1.29, 1.82) is 0 Å². The van der Waals surface area contributed by atoms with Gasteiger partial charge in [-0.05, 0) is 0 Å². The third-order valence-electron chi connectivity index (χ3n) is 8.42. The van der Waals surface area contributed by atoms with Crippen molar-refractivity contribution < 1.29 is 14.7 Å². The first kappa shape index (κ1) is 30.4. The van der Waals surface area contributed by atoms with Crippen LogP contribution in [0.15, 0.2) is 91.0 Å². The molecule has 0 bridgehead atoms. The zero-order valence-corrected chi connectivity index (χ0v) is 27.3. The van der Waals surface area contributed by atoms with E-state index < -0.39 is 7.28 Å². The van der Waals surface area contributed by atoms with Gasteiger partial charge < -0.3 is 0 Å². The predicted octanol–water partition coefficient (Wildman–Crippen LogP) is 8.78. The molecule has 0 saturated carbocycles. The third kappa shape index (κ3) is 5.40. The second-order valence-electron chi connectivity index (χ2n) is 14.9. The molecule has 42 heavy (non-hydrogen) atoms. The predicted molar refractivity (Wildman–Crippen MR) is 182 cm³/mol. The fourth-order valence-corrected chi connectivity index (χ4v) is 7.94. The average Bonchev–Trinajstić information content (AvgIpc) is 2.89. The molecule has 0 atom stereocenters. The molecule has 0 fully saturated rings. The van der Waals surface area contributed by atoms with Crippen molar-refractivity contribution in [3.05, 3.63) is 108 Å². The molecular formula is C38H45O3P. The Hall–Kier alpha value is -3.07. The van der Waals surface area contributed by atoms with Crippen LogP contribution in [0.4, 0.5) is 0 Å². The summed E-state index contributed by atoms with van der Waals surface area (Å²) in [6, 6.07) is 29.2. The van der Waals surface area contributed by atoms with E-state index in [0.717, 1.165) is 27.3 Å². The molecule has 220 valence electrons. The van der Waals surface area contributed by atoms with Crippen LogP contribution in [-0.2, 0) is 16.2 Å². The van der Waals surface area contributed by atoms with Crippen LogP contribution in [0.5, 0.6) is 0 Å². The van der Waals surface area contributed by atoms with Crippen LogP contribution >= 0.6 is 7.28 Å². The van der Waals surface area contributed by atoms with E-state index in [-0.39, 0.29) is 26.9 Å². The Morgan fingerprint density at radius 3 is 1.69 bits per heavy atom. The Labute approximate surface area is 251 Å². The zero-order valence-electron chi connectivity index (χ0n) is 26.4. The Bertz CT molecular complexity index is 1820. The number of hydrogen-bond acceptors (Lipinski definition) is 3. The Morgan fingerprint density at radius 2 is 1.07 bits per heavy atom. The molecule has 0 amide bonds. The Kier molecular flexibility index (Phi) is 7.04. The fraction of sp³-hybridized carbons (Fsp3) is 0.316. The molecule has 0 aromatic heterocycles. The van der Waals surface area contributed by atoms with Gasteiger partial charge in [0, 0.05) is 0 Å². The molecule has 0 radical (unpaired) electrons. The van der Waals surface area contributed by atoms with E-state index in [0.29, 0.717) is 5.56 Å². The molecule has 0 saturated heterocycles. The average molecular weight is 581 g/mol. The van der Waals surface area contributed by atoms with Gasteiger partial charge in [-0.25, -0.2) is 0 Å². The van der Waals surface area contributed by atoms with Crippen molar-refractivity contribution in [2.45, 2.75) is 78.6 Å². The molecule has 0 heterocycles. The zero-order chi connectivity index (χ0) is 30.9. The molecule has 0 aliphatic heterocycles. The van der Waals surface area contributed by atoms with E-state index in [1.54, 1.807) is 24.3 Å². The number of benzene rings is 5. The molecule has 3 nitrogen and oxygen atoms in total. The number of hydrogen-bond donors (Lipinski definition) is 3. The van der Waals surface area contributed by atoms with E-state index in [4.69, 9.17) is 0 Å². The molecule has 0 aliphatic carbocycles. The van der Waals surface area contributed by atoms with Crippen LogP contribution in [0.1, 0.15) is 79.0 Å². The van der Waals surface area contributed by atoms with Gasteiger partial charge in [0.15, 0.2) is 0 Å². The van der Waals surface area contributed by atoms with E-state index in [1.807, 2.05) is 42.5 Å². The van der Waals surface area contributed by atoms with Gasteiger partial charge in [0.25, 0.3) is 0 Å². The molecule has 5 aromatic carbocycles. The van der Waals surface area contributed by atoms with Crippen molar-refractivity contribution in [2.24, 2.45) is 0 Å². The van der Waals surface area contributed by atoms with E-state index in [1.165, 1.54) is 16.5 Å². The van der Waals surface area contributed by atoms with Crippen LogP contribution < -0.4 is 10.6 Å². The summed E-state index contributed by atoms with van der Waals surface area (Å²) in [6.07, 6.45) is 0. The van der Waals surface area contributed by atoms with Crippen LogP contribution in [-0.4, -0.2) is 14.7 Å². The first-order chi connectivity index (χ1) is 19.3. The Morgan fingerprint density at radius 1 is 0.476 bits per heavy atom. The van der Waals surface area contributed by atoms with Gasteiger partial charge in [-0.1, -0.05) is 0 Å². The maximum absolute atomic E-state index is 12.0. The quantitative estimate of drug-likeness (QED) is 0.187. The van der Waals surface area contributed by atoms with Crippen LogP contribution in [0, 0.1) is 0 Å². The van der Waals surface area contributed by atoms with Gasteiger partial charge in [0.2, 0.25) is 0 Å². The summed E-state index contributed by atoms with van der Waals surface area (Å²) in [6.45, 7) is 20.0. The molecule has 0 aliphatic rings. The SMILES string of the molecule is CC(C)(C)c1cc(C(C)(C)C)c2cc(-c3ccccc3P(O)(O)(O)c3ccc4ccccc4c3)c(C(C)(C)C)cc2c1. The van der Waals surface area contributed by atoms with E-state index in [9.17, 15) is 14.7 Å². The molecule has 4 heteroatoms. The fourth-order valence-electron chi connectivity index (χ4n) is 5.94. The minimum absolute atomic E-state index is 0.0108. The van der Waals surface area contributed by atoms with Gasteiger partial charge in [0.05, 0.1) is 0 Å². The summed E-state index contributed by atoms with van der Waals surface area (Å²) in [4.78, 5) is 35.9. The van der Waals surface area contributed by atoms with Crippen molar-refractivity contribution in [2.75, 3.05) is 0 Å². The van der Waals surface area contributed by atoms with Crippen molar-refractivity contribution in [3.63, 3.8) is 0 Å². The number of fused-ring (bicyclic) bond motifs is 2. The van der Waals surface area contributed by atoms with E-state index in [2.05, 4.69) is 86.6 Å². The van der Waals surface area contributed by atoms with Gasteiger partial charge in [-0.2, -0.15) is 0 Å². The summed E-state index contributed by atoms with van der Waals surface area (Å²) in [5.41, 5.74) is 4.75. The Balaban J connectivity index is 1.86. The third-order valence-corrected chi connectivity index (χ3v) is 10.9. The van der Waals surface area contributed by atoms with Crippen LogP contribution in [0.25, 0.3) is 32.7 Å². The van der Waals surface area contributed by atoms with Gasteiger partial charge in [-0.15, -0.1) is 0 Å². The molecule has 5 rings (SSSR count). The first-order valence-corrected chi connectivity index (χ1v) is 16.8. The second-order valence-corrected chi connectivity index (χ2v) is 17.9. The number of rotatable bonds is 3. The molecule has 0 spiro atoms. The molecular weight excluding hydrogens is 535 g/mol. The molecule has 0 unspecified atom stereocenters. The maximum atomic E-state index is 12.0. The summed E-state index contributed by atoms with van der Waals surface area (Å²) in [5, 5.41) is 4.37.